The van der Waals surface area contributed by atoms with Crippen LogP contribution < -0.4 is 5.32 Å². The van der Waals surface area contributed by atoms with E-state index in [-0.39, 0.29) is 11.9 Å². The van der Waals surface area contributed by atoms with Crippen molar-refractivity contribution < 1.29 is 9.13 Å². The maximum Gasteiger partial charge on any atom is 0.243 e. The van der Waals surface area contributed by atoms with Gasteiger partial charge in [-0.1, -0.05) is 17.2 Å². The van der Waals surface area contributed by atoms with Crippen molar-refractivity contribution in [1.29, 1.82) is 0 Å². The lowest BCUT2D eigenvalue weighted by atomic mass is 10.1. The molecule has 0 aliphatic carbocycles. The number of tetrazole rings is 1. The molecule has 0 bridgehead atoms. The summed E-state index contributed by atoms with van der Waals surface area (Å²) in [6.07, 6.45) is 0. The molecular formula is C11H14FN5O. The predicted octanol–water partition coefficient (Wildman–Crippen LogP) is 1.15. The minimum Gasteiger partial charge on any atom is -0.382 e. The van der Waals surface area contributed by atoms with Gasteiger partial charge in [-0.3, -0.25) is 0 Å². The lowest BCUT2D eigenvalue weighted by Gasteiger charge is -2.18. The van der Waals surface area contributed by atoms with E-state index in [1.54, 1.807) is 26.3 Å². The standard InChI is InChI=1S/C11H14FN5O/c1-17-11(14-15-16-17)13-10(7-18-2)8-3-5-9(12)6-4-8/h3-6,10H,7H2,1-2H3,(H,13,14,16). The minimum atomic E-state index is -0.268. The molecule has 0 saturated carbocycles. The van der Waals surface area contributed by atoms with Crippen LogP contribution in [0.3, 0.4) is 0 Å². The average molecular weight is 251 g/mol. The first-order valence-electron chi connectivity index (χ1n) is 5.44. The van der Waals surface area contributed by atoms with Crippen LogP contribution in [-0.4, -0.2) is 33.9 Å². The smallest absolute Gasteiger partial charge is 0.243 e. The molecule has 1 N–H and O–H groups in total. The number of rotatable bonds is 5. The summed E-state index contributed by atoms with van der Waals surface area (Å²) >= 11 is 0. The van der Waals surface area contributed by atoms with Gasteiger partial charge in [0.05, 0.1) is 12.6 Å². The Bertz CT molecular complexity index is 498. The fourth-order valence-corrected chi connectivity index (χ4v) is 1.59. The number of aromatic nitrogens is 4. The predicted molar refractivity (Wildman–Crippen MR) is 63.4 cm³/mol. The molecule has 1 unspecified atom stereocenters. The van der Waals surface area contributed by atoms with E-state index in [1.165, 1.54) is 16.8 Å². The van der Waals surface area contributed by atoms with Gasteiger partial charge in [0.25, 0.3) is 0 Å². The van der Waals surface area contributed by atoms with Crippen LogP contribution in [0.25, 0.3) is 0 Å². The summed E-state index contributed by atoms with van der Waals surface area (Å²) in [6, 6.07) is 6.09. The van der Waals surface area contributed by atoms with Gasteiger partial charge in [-0.05, 0) is 28.1 Å². The van der Waals surface area contributed by atoms with Crippen molar-refractivity contribution in [3.05, 3.63) is 35.6 Å². The fraction of sp³-hybridized carbons (Fsp3) is 0.364. The van der Waals surface area contributed by atoms with E-state index in [2.05, 4.69) is 20.8 Å². The molecule has 0 amide bonds. The third kappa shape index (κ3) is 2.80. The van der Waals surface area contributed by atoms with Crippen LogP contribution in [0.5, 0.6) is 0 Å². The Balaban J connectivity index is 2.18. The third-order valence-corrected chi connectivity index (χ3v) is 2.53. The molecule has 1 aromatic heterocycles. The van der Waals surface area contributed by atoms with Crippen molar-refractivity contribution in [2.45, 2.75) is 6.04 Å². The van der Waals surface area contributed by atoms with Crippen LogP contribution in [0.1, 0.15) is 11.6 Å². The number of hydrogen-bond donors (Lipinski definition) is 1. The van der Waals surface area contributed by atoms with Crippen LogP contribution >= 0.6 is 0 Å². The Morgan fingerprint density at radius 3 is 2.67 bits per heavy atom. The molecule has 2 aromatic rings. The molecule has 1 heterocycles. The van der Waals surface area contributed by atoms with Crippen molar-refractivity contribution in [3.8, 4) is 0 Å². The molecule has 0 saturated heterocycles. The molecule has 96 valence electrons. The molecule has 0 aliphatic heterocycles. The fourth-order valence-electron chi connectivity index (χ4n) is 1.59. The summed E-state index contributed by atoms with van der Waals surface area (Å²) in [7, 11) is 3.34. The van der Waals surface area contributed by atoms with Crippen molar-refractivity contribution in [2.24, 2.45) is 7.05 Å². The molecule has 1 aromatic carbocycles. The van der Waals surface area contributed by atoms with Gasteiger partial charge in [0, 0.05) is 14.2 Å². The Hall–Kier alpha value is -2.02. The molecule has 6 nitrogen and oxygen atoms in total. The van der Waals surface area contributed by atoms with E-state index in [4.69, 9.17) is 4.74 Å². The molecule has 1 atom stereocenters. The van der Waals surface area contributed by atoms with Crippen molar-refractivity contribution in [1.82, 2.24) is 20.2 Å². The number of halogens is 1. The lowest BCUT2D eigenvalue weighted by molar-refractivity contribution is 0.186. The third-order valence-electron chi connectivity index (χ3n) is 2.53. The van der Waals surface area contributed by atoms with Gasteiger partial charge < -0.3 is 10.1 Å². The van der Waals surface area contributed by atoms with Gasteiger partial charge in [0.15, 0.2) is 0 Å². The summed E-state index contributed by atoms with van der Waals surface area (Å²) in [5.74, 6) is 0.261. The number of nitrogens with one attached hydrogen (secondary N) is 1. The molecule has 0 aliphatic rings. The minimum absolute atomic E-state index is 0.139. The topological polar surface area (TPSA) is 64.9 Å². The zero-order chi connectivity index (χ0) is 13.0. The highest BCUT2D eigenvalue weighted by Crippen LogP contribution is 2.18. The second-order valence-corrected chi connectivity index (χ2v) is 3.83. The molecule has 7 heteroatoms. The van der Waals surface area contributed by atoms with Crippen LogP contribution in [-0.2, 0) is 11.8 Å². The summed E-state index contributed by atoms with van der Waals surface area (Å²) in [5, 5.41) is 14.3. The van der Waals surface area contributed by atoms with E-state index in [0.717, 1.165) is 5.56 Å². The monoisotopic (exact) mass is 251 g/mol. The SMILES string of the molecule is COCC(Nc1nnnn1C)c1ccc(F)cc1. The van der Waals surface area contributed by atoms with Crippen LogP contribution in [0, 0.1) is 5.82 Å². The molecular weight excluding hydrogens is 237 g/mol. The summed E-state index contributed by atoms with van der Waals surface area (Å²) < 4.78 is 19.6. The highest BCUT2D eigenvalue weighted by molar-refractivity contribution is 5.31. The van der Waals surface area contributed by atoms with E-state index < -0.39 is 0 Å². The summed E-state index contributed by atoms with van der Waals surface area (Å²) in [5.41, 5.74) is 0.904. The van der Waals surface area contributed by atoms with Crippen molar-refractivity contribution in [2.75, 3.05) is 19.0 Å². The average Bonchev–Trinajstić information content (AvgIpc) is 2.76. The van der Waals surface area contributed by atoms with Gasteiger partial charge in [-0.25, -0.2) is 9.07 Å². The highest BCUT2D eigenvalue weighted by Gasteiger charge is 2.14. The first-order valence-corrected chi connectivity index (χ1v) is 5.44. The zero-order valence-electron chi connectivity index (χ0n) is 10.2. The Morgan fingerprint density at radius 2 is 2.11 bits per heavy atom. The first kappa shape index (κ1) is 12.4. The summed E-state index contributed by atoms with van der Waals surface area (Å²) in [4.78, 5) is 0. The molecule has 0 spiro atoms. The largest absolute Gasteiger partial charge is 0.382 e. The first-order chi connectivity index (χ1) is 8.70. The van der Waals surface area contributed by atoms with Crippen LogP contribution in [0.15, 0.2) is 24.3 Å². The number of ether oxygens (including phenoxy) is 1. The van der Waals surface area contributed by atoms with Gasteiger partial charge in [0.1, 0.15) is 5.82 Å². The number of nitrogens with zero attached hydrogens (tertiary/aromatic N) is 4. The zero-order valence-corrected chi connectivity index (χ0v) is 10.2. The highest BCUT2D eigenvalue weighted by atomic mass is 19.1. The summed E-state index contributed by atoms with van der Waals surface area (Å²) in [6.45, 7) is 0.429. The number of anilines is 1. The van der Waals surface area contributed by atoms with Crippen molar-refractivity contribution in [3.63, 3.8) is 0 Å². The van der Waals surface area contributed by atoms with Gasteiger partial charge in [0.2, 0.25) is 5.95 Å². The Labute approximate surface area is 104 Å². The van der Waals surface area contributed by atoms with Gasteiger partial charge >= 0.3 is 0 Å². The Morgan fingerprint density at radius 1 is 1.39 bits per heavy atom. The number of aryl methyl sites for hydroxylation is 1. The second kappa shape index (κ2) is 5.54. The number of methoxy groups -OCH3 is 1. The maximum atomic E-state index is 12.9. The quantitative estimate of drug-likeness (QED) is 0.863. The molecule has 0 radical (unpaired) electrons. The number of hydrogen-bond acceptors (Lipinski definition) is 5. The van der Waals surface area contributed by atoms with Gasteiger partial charge in [-0.2, -0.15) is 0 Å². The maximum absolute atomic E-state index is 12.9. The Kier molecular flexibility index (Phi) is 3.83. The molecule has 0 fully saturated rings. The van der Waals surface area contributed by atoms with E-state index in [9.17, 15) is 4.39 Å². The van der Waals surface area contributed by atoms with Crippen molar-refractivity contribution >= 4 is 5.95 Å². The van der Waals surface area contributed by atoms with Crippen LogP contribution in [0.4, 0.5) is 10.3 Å². The molecule has 18 heavy (non-hydrogen) atoms. The lowest BCUT2D eigenvalue weighted by Crippen LogP contribution is -2.18. The van der Waals surface area contributed by atoms with E-state index in [1.807, 2.05) is 0 Å². The second-order valence-electron chi connectivity index (χ2n) is 3.83. The van der Waals surface area contributed by atoms with E-state index in [0.29, 0.717) is 12.6 Å². The van der Waals surface area contributed by atoms with Crippen LogP contribution in [0.2, 0.25) is 0 Å². The molecule has 2 rings (SSSR count). The van der Waals surface area contributed by atoms with E-state index >= 15 is 0 Å². The van der Waals surface area contributed by atoms with Gasteiger partial charge in [-0.15, -0.1) is 0 Å². The normalized spacial score (nSPS) is 12.4. The number of benzene rings is 1.